The van der Waals surface area contributed by atoms with Gasteiger partial charge in [0.2, 0.25) is 0 Å². The normalized spacial score (nSPS) is 19.0. The van der Waals surface area contributed by atoms with E-state index in [-0.39, 0.29) is 11.5 Å². The van der Waals surface area contributed by atoms with Crippen LogP contribution in [0.3, 0.4) is 0 Å². The van der Waals surface area contributed by atoms with Gasteiger partial charge in [0, 0.05) is 29.7 Å². The van der Waals surface area contributed by atoms with Gasteiger partial charge in [-0.3, -0.25) is 0 Å². The molecule has 1 aromatic heterocycles. The highest BCUT2D eigenvalue weighted by Gasteiger charge is 2.46. The molecule has 1 aromatic carbocycles. The van der Waals surface area contributed by atoms with Crippen molar-refractivity contribution in [2.75, 3.05) is 0 Å². The maximum atomic E-state index is 13.4. The fourth-order valence-corrected chi connectivity index (χ4v) is 2.46. The Morgan fingerprint density at radius 1 is 1.29 bits per heavy atom. The van der Waals surface area contributed by atoms with E-state index in [0.717, 1.165) is 0 Å². The molecule has 0 saturated heterocycles. The Balaban J connectivity index is 2.09. The number of benzene rings is 1. The highest BCUT2D eigenvalue weighted by molar-refractivity contribution is 5.92. The molecule has 3 nitrogen and oxygen atoms in total. The summed E-state index contributed by atoms with van der Waals surface area (Å²) in [6, 6.07) is 4.17. The van der Waals surface area contributed by atoms with Gasteiger partial charge in [0.1, 0.15) is 5.82 Å². The van der Waals surface area contributed by atoms with E-state index >= 15 is 0 Å². The van der Waals surface area contributed by atoms with Crippen LogP contribution in [0.2, 0.25) is 0 Å². The molecular weight excluding hydrogens is 288 g/mol. The Labute approximate surface area is 117 Å². The third-order valence-electron chi connectivity index (χ3n) is 3.42. The lowest BCUT2D eigenvalue weighted by atomic mass is 10.1. The van der Waals surface area contributed by atoms with Crippen molar-refractivity contribution in [2.45, 2.75) is 19.3 Å². The molecule has 1 aliphatic heterocycles. The summed E-state index contributed by atoms with van der Waals surface area (Å²) in [6.45, 7) is 1.50. The lowest BCUT2D eigenvalue weighted by molar-refractivity contribution is -0.203. The average molecular weight is 300 g/mol. The van der Waals surface area contributed by atoms with Crippen LogP contribution in [0.25, 0.3) is 16.7 Å². The predicted octanol–water partition coefficient (Wildman–Crippen LogP) is 3.51. The van der Waals surface area contributed by atoms with Crippen molar-refractivity contribution in [3.05, 3.63) is 41.5 Å². The highest BCUT2D eigenvalue weighted by Crippen LogP contribution is 2.36. The summed E-state index contributed by atoms with van der Waals surface area (Å²) in [5, 5.41) is 2.77. The highest BCUT2D eigenvalue weighted by atomic mass is 19.4. The van der Waals surface area contributed by atoms with Gasteiger partial charge in [-0.25, -0.2) is 4.39 Å². The van der Waals surface area contributed by atoms with Crippen molar-refractivity contribution in [3.63, 3.8) is 0 Å². The monoisotopic (exact) mass is 300 g/mol. The Morgan fingerprint density at radius 2 is 2.00 bits per heavy atom. The minimum atomic E-state index is -4.52. The minimum absolute atomic E-state index is 0.0912. The smallest absolute Gasteiger partial charge is 0.445 e. The SMILES string of the molecule is CC1=C(c2cn(C)c3ccc(F)cc23)OC(C(F)(F)F)N1. The Hall–Kier alpha value is -2.18. The second-order valence-corrected chi connectivity index (χ2v) is 4.95. The molecule has 1 aliphatic rings. The number of nitrogens with zero attached hydrogens (tertiary/aromatic N) is 1. The van der Waals surface area contributed by atoms with Crippen molar-refractivity contribution < 1.29 is 22.3 Å². The molecule has 112 valence electrons. The van der Waals surface area contributed by atoms with E-state index in [0.29, 0.717) is 16.5 Å². The molecule has 0 aliphatic carbocycles. The largest absolute Gasteiger partial charge is 0.458 e. The molecule has 0 bridgehead atoms. The molecular formula is C14H12F4N2O. The van der Waals surface area contributed by atoms with E-state index in [1.807, 2.05) is 0 Å². The number of allylic oxidation sites excluding steroid dienone is 1. The number of aromatic nitrogens is 1. The lowest BCUT2D eigenvalue weighted by Gasteiger charge is -2.16. The Morgan fingerprint density at radius 3 is 2.62 bits per heavy atom. The van der Waals surface area contributed by atoms with E-state index in [4.69, 9.17) is 4.74 Å². The van der Waals surface area contributed by atoms with Crippen molar-refractivity contribution >= 4 is 16.7 Å². The van der Waals surface area contributed by atoms with Gasteiger partial charge in [-0.2, -0.15) is 13.2 Å². The summed E-state index contributed by atoms with van der Waals surface area (Å²) in [5.74, 6) is -0.361. The molecule has 0 amide bonds. The van der Waals surface area contributed by atoms with E-state index in [2.05, 4.69) is 5.32 Å². The molecule has 0 fully saturated rings. The molecule has 2 heterocycles. The maximum absolute atomic E-state index is 13.4. The zero-order chi connectivity index (χ0) is 15.4. The van der Waals surface area contributed by atoms with E-state index < -0.39 is 18.2 Å². The second-order valence-electron chi connectivity index (χ2n) is 4.95. The number of aryl methyl sites for hydroxylation is 1. The van der Waals surface area contributed by atoms with Crippen LogP contribution < -0.4 is 5.32 Å². The van der Waals surface area contributed by atoms with Gasteiger partial charge < -0.3 is 14.6 Å². The zero-order valence-electron chi connectivity index (χ0n) is 11.3. The van der Waals surface area contributed by atoms with E-state index in [9.17, 15) is 17.6 Å². The van der Waals surface area contributed by atoms with Crippen molar-refractivity contribution in [1.29, 1.82) is 0 Å². The topological polar surface area (TPSA) is 26.2 Å². The first-order chi connectivity index (χ1) is 9.77. The van der Waals surface area contributed by atoms with E-state index in [1.54, 1.807) is 23.9 Å². The first kappa shape index (κ1) is 13.8. The Kier molecular flexibility index (Phi) is 2.89. The summed E-state index contributed by atoms with van der Waals surface area (Å²) >= 11 is 0. The molecule has 0 saturated carbocycles. The van der Waals surface area contributed by atoms with E-state index in [1.165, 1.54) is 19.1 Å². The molecule has 0 spiro atoms. The van der Waals surface area contributed by atoms with Gasteiger partial charge in [0.25, 0.3) is 6.23 Å². The summed E-state index contributed by atoms with van der Waals surface area (Å²) in [6.07, 6.45) is -4.96. The minimum Gasteiger partial charge on any atom is -0.458 e. The quantitative estimate of drug-likeness (QED) is 0.816. The predicted molar refractivity (Wildman–Crippen MR) is 69.5 cm³/mol. The molecule has 7 heteroatoms. The number of ether oxygens (including phenoxy) is 1. The first-order valence-corrected chi connectivity index (χ1v) is 6.23. The van der Waals surface area contributed by atoms with Gasteiger partial charge in [-0.1, -0.05) is 0 Å². The van der Waals surface area contributed by atoms with Gasteiger partial charge in [-0.05, 0) is 25.1 Å². The number of rotatable bonds is 1. The summed E-state index contributed by atoms with van der Waals surface area (Å²) in [5.41, 5.74) is 1.42. The Bertz CT molecular complexity index is 745. The maximum Gasteiger partial charge on any atom is 0.445 e. The molecule has 2 aromatic rings. The third-order valence-corrected chi connectivity index (χ3v) is 3.42. The molecule has 3 rings (SSSR count). The zero-order valence-corrected chi connectivity index (χ0v) is 11.3. The van der Waals surface area contributed by atoms with Gasteiger partial charge in [0.05, 0.1) is 5.70 Å². The fraction of sp³-hybridized carbons (Fsp3) is 0.286. The molecule has 1 atom stereocenters. The molecule has 0 radical (unpaired) electrons. The van der Waals surface area contributed by atoms with Crippen LogP contribution in [0.5, 0.6) is 0 Å². The van der Waals surface area contributed by atoms with Gasteiger partial charge in [0.15, 0.2) is 5.76 Å². The lowest BCUT2D eigenvalue weighted by Crippen LogP contribution is -2.38. The summed E-state index contributed by atoms with van der Waals surface area (Å²) < 4.78 is 58.3. The standard InChI is InChI=1S/C14H12F4N2O/c1-7-12(21-13(19-7)14(16,17)18)10-6-20(2)11-4-3-8(15)5-9(10)11/h3-6,13,19H,1-2H3. The summed E-state index contributed by atoms with van der Waals surface area (Å²) in [4.78, 5) is 0. The molecule has 1 unspecified atom stereocenters. The number of hydrogen-bond acceptors (Lipinski definition) is 2. The number of nitrogens with one attached hydrogen (secondary N) is 1. The van der Waals surface area contributed by atoms with Crippen LogP contribution in [0.15, 0.2) is 30.1 Å². The van der Waals surface area contributed by atoms with Crippen molar-refractivity contribution in [2.24, 2.45) is 7.05 Å². The number of alkyl halides is 3. The van der Waals surface area contributed by atoms with Crippen LogP contribution >= 0.6 is 0 Å². The van der Waals surface area contributed by atoms with Crippen LogP contribution in [-0.4, -0.2) is 17.0 Å². The molecule has 1 N–H and O–H groups in total. The van der Waals surface area contributed by atoms with Crippen LogP contribution in [0, 0.1) is 5.82 Å². The van der Waals surface area contributed by atoms with Gasteiger partial charge in [-0.15, -0.1) is 0 Å². The van der Waals surface area contributed by atoms with Crippen LogP contribution in [0.4, 0.5) is 17.6 Å². The third kappa shape index (κ3) is 2.22. The van der Waals surface area contributed by atoms with Gasteiger partial charge >= 0.3 is 6.18 Å². The van der Waals surface area contributed by atoms with Crippen molar-refractivity contribution in [3.8, 4) is 0 Å². The van der Waals surface area contributed by atoms with Crippen molar-refractivity contribution in [1.82, 2.24) is 9.88 Å². The summed E-state index contributed by atoms with van der Waals surface area (Å²) in [7, 11) is 1.74. The first-order valence-electron chi connectivity index (χ1n) is 6.23. The number of fused-ring (bicyclic) bond motifs is 1. The number of halogens is 4. The number of hydrogen-bond donors (Lipinski definition) is 1. The van der Waals surface area contributed by atoms with Crippen LogP contribution in [0.1, 0.15) is 12.5 Å². The fourth-order valence-electron chi connectivity index (χ4n) is 2.46. The second kappa shape index (κ2) is 4.41. The van der Waals surface area contributed by atoms with Crippen LogP contribution in [-0.2, 0) is 11.8 Å². The average Bonchev–Trinajstić information content (AvgIpc) is 2.90. The molecule has 21 heavy (non-hydrogen) atoms.